The summed E-state index contributed by atoms with van der Waals surface area (Å²) in [7, 11) is 0. The highest BCUT2D eigenvalue weighted by Crippen LogP contribution is 2.26. The lowest BCUT2D eigenvalue weighted by molar-refractivity contribution is 0.187. The summed E-state index contributed by atoms with van der Waals surface area (Å²) in [6, 6.07) is 10.2. The van der Waals surface area contributed by atoms with Gasteiger partial charge in [0, 0.05) is 18.8 Å². The van der Waals surface area contributed by atoms with Gasteiger partial charge in [0.25, 0.3) is 0 Å². The Morgan fingerprint density at radius 3 is 2.78 bits per heavy atom. The van der Waals surface area contributed by atoms with E-state index < -0.39 is 0 Å². The Morgan fingerprint density at radius 1 is 1.39 bits per heavy atom. The topological polar surface area (TPSA) is 15.3 Å². The van der Waals surface area contributed by atoms with Crippen LogP contribution in [0.3, 0.4) is 0 Å². The van der Waals surface area contributed by atoms with E-state index in [0.29, 0.717) is 0 Å². The van der Waals surface area contributed by atoms with Gasteiger partial charge in [0.1, 0.15) is 0 Å². The number of thiocarbonyl (C=S) groups is 1. The first-order chi connectivity index (χ1) is 8.70. The molecular weight excluding hydrogens is 240 g/mol. The van der Waals surface area contributed by atoms with E-state index in [1.54, 1.807) is 0 Å². The fourth-order valence-electron chi connectivity index (χ4n) is 2.59. The van der Waals surface area contributed by atoms with Crippen molar-refractivity contribution in [1.29, 1.82) is 0 Å². The molecule has 1 aromatic rings. The highest BCUT2D eigenvalue weighted by Gasteiger charge is 2.25. The molecule has 1 saturated heterocycles. The Labute approximate surface area is 115 Å². The molecule has 0 unspecified atom stereocenters. The van der Waals surface area contributed by atoms with Crippen molar-refractivity contribution in [3.63, 3.8) is 0 Å². The summed E-state index contributed by atoms with van der Waals surface area (Å²) in [5.74, 6) is 1.60. The molecule has 1 aromatic carbocycles. The standard InChI is InChI=1S/C15H22N2S/c1-3-13-11-17(10-9-12(13)2)15(18)16-14-7-5-4-6-8-14/h4-8,12-13H,3,9-11H2,1-2H3,(H,16,18)/t12-,13-/m0/s1. The van der Waals surface area contributed by atoms with Gasteiger partial charge in [-0.15, -0.1) is 0 Å². The van der Waals surface area contributed by atoms with E-state index in [1.807, 2.05) is 18.2 Å². The first-order valence-corrected chi connectivity index (χ1v) is 7.22. The molecule has 0 aliphatic carbocycles. The number of nitrogens with zero attached hydrogens (tertiary/aromatic N) is 1. The van der Waals surface area contributed by atoms with E-state index >= 15 is 0 Å². The number of hydrogen-bond donors (Lipinski definition) is 1. The van der Waals surface area contributed by atoms with Gasteiger partial charge < -0.3 is 10.2 Å². The Balaban J connectivity index is 1.93. The Morgan fingerprint density at radius 2 is 2.11 bits per heavy atom. The summed E-state index contributed by atoms with van der Waals surface area (Å²) >= 11 is 5.51. The molecule has 0 aromatic heterocycles. The van der Waals surface area contributed by atoms with Gasteiger partial charge in [-0.25, -0.2) is 0 Å². The SMILES string of the molecule is CC[C@H]1CN(C(=S)Nc2ccccc2)CC[C@@H]1C. The van der Waals surface area contributed by atoms with Gasteiger partial charge in [-0.2, -0.15) is 0 Å². The first kappa shape index (κ1) is 13.3. The molecule has 1 N–H and O–H groups in total. The van der Waals surface area contributed by atoms with Crippen LogP contribution in [-0.2, 0) is 0 Å². The van der Waals surface area contributed by atoms with Gasteiger partial charge in [0.15, 0.2) is 5.11 Å². The van der Waals surface area contributed by atoms with Crippen molar-refractivity contribution in [2.24, 2.45) is 11.8 Å². The van der Waals surface area contributed by atoms with Crippen LogP contribution in [0.25, 0.3) is 0 Å². The molecule has 2 nitrogen and oxygen atoms in total. The second-order valence-corrected chi connectivity index (χ2v) is 5.56. The second-order valence-electron chi connectivity index (χ2n) is 5.18. The lowest BCUT2D eigenvalue weighted by atomic mass is 9.85. The van der Waals surface area contributed by atoms with Crippen LogP contribution < -0.4 is 5.32 Å². The fraction of sp³-hybridized carbons (Fsp3) is 0.533. The summed E-state index contributed by atoms with van der Waals surface area (Å²) in [5.41, 5.74) is 1.08. The molecule has 2 atom stereocenters. The van der Waals surface area contributed by atoms with Crippen LogP contribution in [0.1, 0.15) is 26.7 Å². The van der Waals surface area contributed by atoms with Crippen LogP contribution in [0.4, 0.5) is 5.69 Å². The first-order valence-electron chi connectivity index (χ1n) is 6.81. The molecule has 1 aliphatic rings. The molecule has 0 saturated carbocycles. The van der Waals surface area contributed by atoms with Crippen LogP contribution in [0.15, 0.2) is 30.3 Å². The van der Waals surface area contributed by atoms with E-state index in [0.717, 1.165) is 35.7 Å². The zero-order chi connectivity index (χ0) is 13.0. The summed E-state index contributed by atoms with van der Waals surface area (Å²) in [6.07, 6.45) is 2.49. The molecule has 0 radical (unpaired) electrons. The van der Waals surface area contributed by atoms with Crippen molar-refractivity contribution in [2.45, 2.75) is 26.7 Å². The third-order valence-electron chi connectivity index (χ3n) is 3.95. The minimum Gasteiger partial charge on any atom is -0.349 e. The van der Waals surface area contributed by atoms with Gasteiger partial charge in [-0.05, 0) is 42.6 Å². The maximum atomic E-state index is 5.51. The number of piperidine rings is 1. The quantitative estimate of drug-likeness (QED) is 0.817. The minimum atomic E-state index is 0.772. The van der Waals surface area contributed by atoms with Gasteiger partial charge in [0.05, 0.1) is 0 Å². The van der Waals surface area contributed by atoms with Gasteiger partial charge >= 0.3 is 0 Å². The molecule has 0 spiro atoms. The predicted octanol–water partition coefficient (Wildman–Crippen LogP) is 3.75. The van der Waals surface area contributed by atoms with Crippen LogP contribution in [0.2, 0.25) is 0 Å². The number of hydrogen-bond acceptors (Lipinski definition) is 1. The zero-order valence-electron chi connectivity index (χ0n) is 11.2. The molecule has 3 heteroatoms. The lowest BCUT2D eigenvalue weighted by Crippen LogP contribution is -2.44. The van der Waals surface area contributed by atoms with Crippen LogP contribution in [0.5, 0.6) is 0 Å². The number of benzene rings is 1. The Kier molecular flexibility index (Phi) is 4.59. The van der Waals surface area contributed by atoms with E-state index in [-0.39, 0.29) is 0 Å². The van der Waals surface area contributed by atoms with Crippen molar-refractivity contribution in [1.82, 2.24) is 4.90 Å². The molecule has 1 fully saturated rings. The molecule has 2 rings (SSSR count). The largest absolute Gasteiger partial charge is 0.349 e. The average Bonchev–Trinajstić information content (AvgIpc) is 2.40. The molecule has 0 amide bonds. The highest BCUT2D eigenvalue weighted by molar-refractivity contribution is 7.80. The molecule has 0 bridgehead atoms. The Hall–Kier alpha value is -1.09. The number of para-hydroxylation sites is 1. The summed E-state index contributed by atoms with van der Waals surface area (Å²) < 4.78 is 0. The van der Waals surface area contributed by atoms with Crippen molar-refractivity contribution in [2.75, 3.05) is 18.4 Å². The van der Waals surface area contributed by atoms with Crippen molar-refractivity contribution >= 4 is 23.0 Å². The predicted molar refractivity (Wildman–Crippen MR) is 81.8 cm³/mol. The van der Waals surface area contributed by atoms with E-state index in [2.05, 4.69) is 36.2 Å². The molecular formula is C15H22N2S. The van der Waals surface area contributed by atoms with Gasteiger partial charge in [-0.3, -0.25) is 0 Å². The van der Waals surface area contributed by atoms with Crippen LogP contribution >= 0.6 is 12.2 Å². The van der Waals surface area contributed by atoms with E-state index in [4.69, 9.17) is 12.2 Å². The zero-order valence-corrected chi connectivity index (χ0v) is 12.0. The van der Waals surface area contributed by atoms with Crippen molar-refractivity contribution in [3.8, 4) is 0 Å². The lowest BCUT2D eigenvalue weighted by Gasteiger charge is -2.38. The second kappa shape index (κ2) is 6.19. The normalized spacial score (nSPS) is 23.8. The smallest absolute Gasteiger partial charge is 0.173 e. The number of nitrogens with one attached hydrogen (secondary N) is 1. The van der Waals surface area contributed by atoms with Gasteiger partial charge in [-0.1, -0.05) is 38.5 Å². The Bertz CT molecular complexity index is 391. The minimum absolute atomic E-state index is 0.772. The maximum Gasteiger partial charge on any atom is 0.173 e. The van der Waals surface area contributed by atoms with Crippen LogP contribution in [0, 0.1) is 11.8 Å². The summed E-state index contributed by atoms with van der Waals surface area (Å²) in [4.78, 5) is 2.32. The van der Waals surface area contributed by atoms with Crippen LogP contribution in [-0.4, -0.2) is 23.1 Å². The third kappa shape index (κ3) is 3.22. The van der Waals surface area contributed by atoms with Gasteiger partial charge in [0.2, 0.25) is 0 Å². The summed E-state index contributed by atoms with van der Waals surface area (Å²) in [5, 5.41) is 4.20. The number of anilines is 1. The number of likely N-dealkylation sites (tertiary alicyclic amines) is 1. The fourth-order valence-corrected chi connectivity index (χ4v) is 2.87. The van der Waals surface area contributed by atoms with E-state index in [1.165, 1.54) is 12.8 Å². The average molecular weight is 262 g/mol. The number of rotatable bonds is 2. The molecule has 1 aliphatic heterocycles. The third-order valence-corrected chi connectivity index (χ3v) is 4.31. The monoisotopic (exact) mass is 262 g/mol. The molecule has 18 heavy (non-hydrogen) atoms. The van der Waals surface area contributed by atoms with E-state index in [9.17, 15) is 0 Å². The highest BCUT2D eigenvalue weighted by atomic mass is 32.1. The van der Waals surface area contributed by atoms with Crippen molar-refractivity contribution in [3.05, 3.63) is 30.3 Å². The molecule has 98 valence electrons. The summed E-state index contributed by atoms with van der Waals surface area (Å²) in [6.45, 7) is 6.81. The maximum absolute atomic E-state index is 5.51. The van der Waals surface area contributed by atoms with Crippen molar-refractivity contribution < 1.29 is 0 Å². The molecule has 1 heterocycles.